The molecular formula is C14H10Cl2N2OS. The molecular weight excluding hydrogens is 315 g/mol. The fraction of sp³-hybridized carbons (Fsp3) is 0.143. The highest BCUT2D eigenvalue weighted by molar-refractivity contribution is 7.99. The molecule has 0 aliphatic heterocycles. The number of halogens is 2. The molecule has 0 fully saturated rings. The van der Waals surface area contributed by atoms with Gasteiger partial charge in [-0.3, -0.25) is 0 Å². The molecule has 0 unspecified atom stereocenters. The average Bonchev–Trinajstić information content (AvgIpc) is 2.45. The molecule has 3 nitrogen and oxygen atoms in total. The van der Waals surface area contributed by atoms with Gasteiger partial charge in [0.25, 0.3) is 0 Å². The fourth-order valence-electron chi connectivity index (χ4n) is 1.50. The van der Waals surface area contributed by atoms with Crippen LogP contribution in [0.25, 0.3) is 0 Å². The molecule has 20 heavy (non-hydrogen) atoms. The SMILES string of the molecule is CCSc1cnc(Oc2ccc(Cl)c(Cl)c2)cc1C#N. The number of nitriles is 1. The molecule has 0 atom stereocenters. The van der Waals surface area contributed by atoms with Gasteiger partial charge in [0.05, 0.1) is 15.6 Å². The van der Waals surface area contributed by atoms with Crippen LogP contribution in [0.4, 0.5) is 0 Å². The smallest absolute Gasteiger partial charge is 0.220 e. The molecule has 6 heteroatoms. The van der Waals surface area contributed by atoms with Crippen molar-refractivity contribution in [3.05, 3.63) is 46.1 Å². The lowest BCUT2D eigenvalue weighted by Crippen LogP contribution is -1.91. The molecule has 2 aromatic rings. The molecule has 0 radical (unpaired) electrons. The maximum absolute atomic E-state index is 9.13. The third-order valence-electron chi connectivity index (χ3n) is 2.38. The molecule has 102 valence electrons. The lowest BCUT2D eigenvalue weighted by atomic mass is 10.3. The van der Waals surface area contributed by atoms with Crippen LogP contribution >= 0.6 is 35.0 Å². The summed E-state index contributed by atoms with van der Waals surface area (Å²) in [5.74, 6) is 1.75. The van der Waals surface area contributed by atoms with Crippen molar-refractivity contribution in [2.75, 3.05) is 5.75 Å². The van der Waals surface area contributed by atoms with E-state index in [-0.39, 0.29) is 0 Å². The van der Waals surface area contributed by atoms with E-state index in [9.17, 15) is 0 Å². The van der Waals surface area contributed by atoms with Crippen LogP contribution in [-0.4, -0.2) is 10.7 Å². The number of nitrogens with zero attached hydrogens (tertiary/aromatic N) is 2. The Morgan fingerprint density at radius 2 is 2.10 bits per heavy atom. The van der Waals surface area contributed by atoms with E-state index in [1.165, 1.54) is 0 Å². The van der Waals surface area contributed by atoms with E-state index in [0.717, 1.165) is 10.6 Å². The Morgan fingerprint density at radius 1 is 1.30 bits per heavy atom. The van der Waals surface area contributed by atoms with Crippen LogP contribution in [0.15, 0.2) is 35.4 Å². The maximum Gasteiger partial charge on any atom is 0.220 e. The van der Waals surface area contributed by atoms with Gasteiger partial charge in [-0.15, -0.1) is 11.8 Å². The van der Waals surface area contributed by atoms with E-state index in [0.29, 0.717) is 27.2 Å². The van der Waals surface area contributed by atoms with Gasteiger partial charge in [0.2, 0.25) is 5.88 Å². The monoisotopic (exact) mass is 324 g/mol. The normalized spacial score (nSPS) is 10.1. The van der Waals surface area contributed by atoms with Crippen LogP contribution in [0.2, 0.25) is 10.0 Å². The van der Waals surface area contributed by atoms with Crippen LogP contribution in [0.1, 0.15) is 12.5 Å². The molecule has 0 N–H and O–H groups in total. The lowest BCUT2D eigenvalue weighted by Gasteiger charge is -2.07. The topological polar surface area (TPSA) is 45.9 Å². The molecule has 0 aliphatic carbocycles. The predicted molar refractivity (Wildman–Crippen MR) is 81.9 cm³/mol. The minimum Gasteiger partial charge on any atom is -0.439 e. The summed E-state index contributed by atoms with van der Waals surface area (Å²) in [5, 5.41) is 9.99. The molecule has 0 saturated heterocycles. The minimum atomic E-state index is 0.348. The molecule has 0 bridgehead atoms. The van der Waals surface area contributed by atoms with Crippen molar-refractivity contribution in [1.29, 1.82) is 5.26 Å². The molecule has 1 heterocycles. The van der Waals surface area contributed by atoms with Gasteiger partial charge >= 0.3 is 0 Å². The largest absolute Gasteiger partial charge is 0.439 e. The Balaban J connectivity index is 2.25. The van der Waals surface area contributed by atoms with Crippen LogP contribution in [-0.2, 0) is 0 Å². The van der Waals surface area contributed by atoms with Gasteiger partial charge in [-0.1, -0.05) is 30.1 Å². The number of hydrogen-bond donors (Lipinski definition) is 0. The Morgan fingerprint density at radius 3 is 2.75 bits per heavy atom. The highest BCUT2D eigenvalue weighted by Crippen LogP contribution is 2.30. The molecule has 0 aliphatic rings. The van der Waals surface area contributed by atoms with E-state index in [4.69, 9.17) is 33.2 Å². The molecule has 1 aromatic carbocycles. The molecule has 0 amide bonds. The van der Waals surface area contributed by atoms with Crippen molar-refractivity contribution in [3.8, 4) is 17.7 Å². The summed E-state index contributed by atoms with van der Waals surface area (Å²) in [6, 6.07) is 8.69. The third-order valence-corrected chi connectivity index (χ3v) is 4.04. The Hall–Kier alpha value is -1.41. The summed E-state index contributed by atoms with van der Waals surface area (Å²) < 4.78 is 5.58. The predicted octanol–water partition coefficient (Wildman–Crippen LogP) is 5.16. The number of pyridine rings is 1. The number of ether oxygens (including phenoxy) is 1. The van der Waals surface area contributed by atoms with Crippen LogP contribution in [0.5, 0.6) is 11.6 Å². The van der Waals surface area contributed by atoms with E-state index < -0.39 is 0 Å². The van der Waals surface area contributed by atoms with Crippen LogP contribution in [0, 0.1) is 11.3 Å². The first-order chi connectivity index (χ1) is 9.63. The standard InChI is InChI=1S/C14H10Cl2N2OS/c1-2-20-13-8-18-14(5-9(13)7-17)19-10-3-4-11(15)12(16)6-10/h3-6,8H,2H2,1H3. The zero-order valence-corrected chi connectivity index (χ0v) is 12.9. The zero-order chi connectivity index (χ0) is 14.5. The van der Waals surface area contributed by atoms with E-state index in [2.05, 4.69) is 11.1 Å². The summed E-state index contributed by atoms with van der Waals surface area (Å²) >= 11 is 13.3. The summed E-state index contributed by atoms with van der Waals surface area (Å²) in [5.41, 5.74) is 0.543. The van der Waals surface area contributed by atoms with E-state index >= 15 is 0 Å². The van der Waals surface area contributed by atoms with Crippen LogP contribution < -0.4 is 4.74 Å². The number of rotatable bonds is 4. The van der Waals surface area contributed by atoms with Crippen molar-refractivity contribution < 1.29 is 4.74 Å². The van der Waals surface area contributed by atoms with Crippen molar-refractivity contribution in [3.63, 3.8) is 0 Å². The second-order valence-corrected chi connectivity index (χ2v) is 5.86. The van der Waals surface area contributed by atoms with Gasteiger partial charge in [-0.05, 0) is 17.9 Å². The van der Waals surface area contributed by atoms with E-state index in [1.54, 1.807) is 42.2 Å². The third kappa shape index (κ3) is 3.57. The van der Waals surface area contributed by atoms with Gasteiger partial charge in [0.15, 0.2) is 0 Å². The quantitative estimate of drug-likeness (QED) is 0.728. The maximum atomic E-state index is 9.13. The van der Waals surface area contributed by atoms with Gasteiger partial charge in [-0.25, -0.2) is 4.98 Å². The van der Waals surface area contributed by atoms with Gasteiger partial charge in [0, 0.05) is 23.2 Å². The van der Waals surface area contributed by atoms with Gasteiger partial charge in [-0.2, -0.15) is 5.26 Å². The zero-order valence-electron chi connectivity index (χ0n) is 10.6. The van der Waals surface area contributed by atoms with E-state index in [1.807, 2.05) is 6.92 Å². The molecule has 0 spiro atoms. The summed E-state index contributed by atoms with van der Waals surface area (Å²) in [4.78, 5) is 5.03. The molecule has 2 rings (SSSR count). The van der Waals surface area contributed by atoms with Gasteiger partial charge in [0.1, 0.15) is 11.8 Å². The molecule has 0 saturated carbocycles. The highest BCUT2D eigenvalue weighted by Gasteiger charge is 2.07. The number of hydrogen-bond acceptors (Lipinski definition) is 4. The number of benzene rings is 1. The average molecular weight is 325 g/mol. The number of thioether (sulfide) groups is 1. The first-order valence-corrected chi connectivity index (χ1v) is 7.54. The lowest BCUT2D eigenvalue weighted by molar-refractivity contribution is 0.462. The second-order valence-electron chi connectivity index (χ2n) is 3.74. The minimum absolute atomic E-state index is 0.348. The van der Waals surface area contributed by atoms with Crippen molar-refractivity contribution >= 4 is 35.0 Å². The Kier molecular flexibility index (Phi) is 5.13. The number of aromatic nitrogens is 1. The molecule has 1 aromatic heterocycles. The summed E-state index contributed by atoms with van der Waals surface area (Å²) in [7, 11) is 0. The Labute approximate surface area is 131 Å². The van der Waals surface area contributed by atoms with Crippen molar-refractivity contribution in [1.82, 2.24) is 4.98 Å². The van der Waals surface area contributed by atoms with Crippen molar-refractivity contribution in [2.24, 2.45) is 0 Å². The van der Waals surface area contributed by atoms with Gasteiger partial charge < -0.3 is 4.74 Å². The fourth-order valence-corrected chi connectivity index (χ4v) is 2.48. The second kappa shape index (κ2) is 6.85. The highest BCUT2D eigenvalue weighted by atomic mass is 35.5. The van der Waals surface area contributed by atoms with Crippen LogP contribution in [0.3, 0.4) is 0 Å². The van der Waals surface area contributed by atoms with Crippen molar-refractivity contribution in [2.45, 2.75) is 11.8 Å². The Bertz CT molecular complexity index is 671. The summed E-state index contributed by atoms with van der Waals surface area (Å²) in [6.45, 7) is 2.02. The first kappa shape index (κ1) is 15.0. The summed E-state index contributed by atoms with van der Waals surface area (Å²) in [6.07, 6.45) is 1.64. The first-order valence-electron chi connectivity index (χ1n) is 5.80.